The van der Waals surface area contributed by atoms with E-state index in [0.717, 1.165) is 11.4 Å². The number of hydrogen-bond acceptors (Lipinski definition) is 3. The summed E-state index contributed by atoms with van der Waals surface area (Å²) in [5.74, 6) is 0. The largest absolute Gasteiger partial charge is 0.379 e. The fraction of sp³-hybridized carbons (Fsp3) is 0.375. The van der Waals surface area contributed by atoms with Gasteiger partial charge in [-0.1, -0.05) is 18.9 Å². The zero-order valence-electron chi connectivity index (χ0n) is 11.4. The highest BCUT2D eigenvalue weighted by atomic mass is 15.3. The lowest BCUT2D eigenvalue weighted by Gasteiger charge is -2.09. The molecule has 1 fully saturated rings. The smallest absolute Gasteiger partial charge is 0.0992 e. The molecule has 20 heavy (non-hydrogen) atoms. The first-order chi connectivity index (χ1) is 9.85. The molecule has 1 aliphatic rings. The number of nitriles is 1. The molecule has 0 atom stereocenters. The molecule has 2 aromatic rings. The van der Waals surface area contributed by atoms with Crippen LogP contribution < -0.4 is 5.32 Å². The van der Waals surface area contributed by atoms with Gasteiger partial charge >= 0.3 is 0 Å². The predicted molar refractivity (Wildman–Crippen MR) is 78.2 cm³/mol. The van der Waals surface area contributed by atoms with E-state index in [1.54, 1.807) is 6.07 Å². The summed E-state index contributed by atoms with van der Waals surface area (Å²) in [4.78, 5) is 0. The Morgan fingerprint density at radius 3 is 2.95 bits per heavy atom. The van der Waals surface area contributed by atoms with Crippen LogP contribution in [-0.4, -0.2) is 9.78 Å². The molecule has 4 nitrogen and oxygen atoms in total. The quantitative estimate of drug-likeness (QED) is 0.921. The number of rotatable bonds is 4. The molecule has 1 N–H and O–H groups in total. The maximum absolute atomic E-state index is 8.88. The third-order valence-electron chi connectivity index (χ3n) is 3.83. The Morgan fingerprint density at radius 1 is 1.30 bits per heavy atom. The van der Waals surface area contributed by atoms with Crippen LogP contribution in [0, 0.1) is 11.3 Å². The average Bonchev–Trinajstić information content (AvgIpc) is 3.16. The summed E-state index contributed by atoms with van der Waals surface area (Å²) >= 11 is 0. The zero-order chi connectivity index (χ0) is 13.8. The van der Waals surface area contributed by atoms with Crippen molar-refractivity contribution in [2.24, 2.45) is 0 Å². The molecule has 1 aromatic heterocycles. The number of nitrogens with zero attached hydrogens (tertiary/aromatic N) is 3. The minimum Gasteiger partial charge on any atom is -0.379 e. The molecule has 1 heterocycles. The second kappa shape index (κ2) is 5.79. The van der Waals surface area contributed by atoms with Crippen molar-refractivity contribution < 1.29 is 0 Å². The normalized spacial score (nSPS) is 15.2. The van der Waals surface area contributed by atoms with Gasteiger partial charge in [0.2, 0.25) is 0 Å². The van der Waals surface area contributed by atoms with Crippen LogP contribution in [0.15, 0.2) is 36.5 Å². The van der Waals surface area contributed by atoms with Gasteiger partial charge in [0.15, 0.2) is 0 Å². The van der Waals surface area contributed by atoms with Crippen molar-refractivity contribution in [1.82, 2.24) is 9.78 Å². The SMILES string of the molecule is N#Cc1cccc(NCc2ccn(C3CCCC3)n2)c1. The molecule has 0 bridgehead atoms. The summed E-state index contributed by atoms with van der Waals surface area (Å²) in [7, 11) is 0. The number of benzene rings is 1. The molecular weight excluding hydrogens is 248 g/mol. The molecule has 4 heteroatoms. The highest BCUT2D eigenvalue weighted by Crippen LogP contribution is 2.28. The predicted octanol–water partition coefficient (Wildman–Crippen LogP) is 3.48. The topological polar surface area (TPSA) is 53.6 Å². The van der Waals surface area contributed by atoms with Crippen molar-refractivity contribution in [2.75, 3.05) is 5.32 Å². The first-order valence-corrected chi connectivity index (χ1v) is 7.13. The molecule has 0 spiro atoms. The van der Waals surface area contributed by atoms with E-state index >= 15 is 0 Å². The lowest BCUT2D eigenvalue weighted by Crippen LogP contribution is -2.07. The molecule has 1 saturated carbocycles. The van der Waals surface area contributed by atoms with E-state index in [0.29, 0.717) is 18.2 Å². The third kappa shape index (κ3) is 2.83. The third-order valence-corrected chi connectivity index (χ3v) is 3.83. The van der Waals surface area contributed by atoms with Crippen molar-refractivity contribution in [3.8, 4) is 6.07 Å². The Labute approximate surface area is 119 Å². The fourth-order valence-corrected chi connectivity index (χ4v) is 2.74. The molecule has 1 aromatic carbocycles. The maximum atomic E-state index is 8.88. The van der Waals surface area contributed by atoms with Crippen LogP contribution in [0.5, 0.6) is 0 Å². The van der Waals surface area contributed by atoms with Crippen LogP contribution in [0.4, 0.5) is 5.69 Å². The van der Waals surface area contributed by atoms with Gasteiger partial charge < -0.3 is 5.32 Å². The Balaban J connectivity index is 1.62. The molecule has 0 saturated heterocycles. The molecular formula is C16H18N4. The average molecular weight is 266 g/mol. The zero-order valence-corrected chi connectivity index (χ0v) is 11.4. The monoisotopic (exact) mass is 266 g/mol. The van der Waals surface area contributed by atoms with Gasteiger partial charge in [0.25, 0.3) is 0 Å². The van der Waals surface area contributed by atoms with Gasteiger partial charge in [-0.3, -0.25) is 4.68 Å². The van der Waals surface area contributed by atoms with Gasteiger partial charge in [-0.15, -0.1) is 0 Å². The van der Waals surface area contributed by atoms with E-state index in [9.17, 15) is 0 Å². The van der Waals surface area contributed by atoms with E-state index in [1.165, 1.54) is 25.7 Å². The summed E-state index contributed by atoms with van der Waals surface area (Å²) in [6, 6.07) is 12.3. The second-order valence-corrected chi connectivity index (χ2v) is 5.27. The van der Waals surface area contributed by atoms with Gasteiger partial charge in [0.05, 0.1) is 29.9 Å². The van der Waals surface area contributed by atoms with Crippen LogP contribution in [0.3, 0.4) is 0 Å². The minimum atomic E-state index is 0.589. The first-order valence-electron chi connectivity index (χ1n) is 7.13. The Morgan fingerprint density at radius 2 is 2.15 bits per heavy atom. The van der Waals surface area contributed by atoms with E-state index < -0.39 is 0 Å². The molecule has 3 rings (SSSR count). The van der Waals surface area contributed by atoms with Crippen molar-refractivity contribution in [1.29, 1.82) is 5.26 Å². The molecule has 102 valence electrons. The van der Waals surface area contributed by atoms with E-state index in [4.69, 9.17) is 5.26 Å². The van der Waals surface area contributed by atoms with E-state index in [-0.39, 0.29) is 0 Å². The highest BCUT2D eigenvalue weighted by Gasteiger charge is 2.17. The minimum absolute atomic E-state index is 0.589. The standard InChI is InChI=1S/C16H18N4/c17-11-13-4-3-5-14(10-13)18-12-15-8-9-20(19-15)16-6-1-2-7-16/h3-5,8-10,16,18H,1-2,6-7,12H2. The highest BCUT2D eigenvalue weighted by molar-refractivity contribution is 5.49. The van der Waals surface area contributed by atoms with Gasteiger partial charge in [-0.05, 0) is 37.1 Å². The number of nitrogens with one attached hydrogen (secondary N) is 1. The van der Waals surface area contributed by atoms with Crippen molar-refractivity contribution in [3.05, 3.63) is 47.8 Å². The van der Waals surface area contributed by atoms with Crippen molar-refractivity contribution in [3.63, 3.8) is 0 Å². The Hall–Kier alpha value is -2.28. The summed E-state index contributed by atoms with van der Waals surface area (Å²) in [5, 5.41) is 16.8. The van der Waals surface area contributed by atoms with Crippen LogP contribution in [0.2, 0.25) is 0 Å². The number of aromatic nitrogens is 2. The van der Waals surface area contributed by atoms with Gasteiger partial charge in [-0.2, -0.15) is 10.4 Å². The first kappa shape index (κ1) is 12.7. The molecule has 1 aliphatic carbocycles. The number of hydrogen-bond donors (Lipinski definition) is 1. The van der Waals surface area contributed by atoms with Crippen molar-refractivity contribution in [2.45, 2.75) is 38.3 Å². The Bertz CT molecular complexity index is 617. The molecule has 0 amide bonds. The van der Waals surface area contributed by atoms with Gasteiger partial charge in [0.1, 0.15) is 0 Å². The van der Waals surface area contributed by atoms with E-state index in [2.05, 4.69) is 33.4 Å². The summed E-state index contributed by atoms with van der Waals surface area (Å²) in [6.07, 6.45) is 7.22. The fourth-order valence-electron chi connectivity index (χ4n) is 2.74. The van der Waals surface area contributed by atoms with Gasteiger partial charge in [-0.25, -0.2) is 0 Å². The van der Waals surface area contributed by atoms with Crippen LogP contribution in [0.1, 0.15) is 43.0 Å². The van der Waals surface area contributed by atoms with Crippen LogP contribution in [0.25, 0.3) is 0 Å². The Kier molecular flexibility index (Phi) is 3.69. The number of anilines is 1. The van der Waals surface area contributed by atoms with Crippen LogP contribution >= 0.6 is 0 Å². The van der Waals surface area contributed by atoms with Crippen molar-refractivity contribution >= 4 is 5.69 Å². The van der Waals surface area contributed by atoms with Gasteiger partial charge in [0, 0.05) is 11.9 Å². The lowest BCUT2D eigenvalue weighted by molar-refractivity contribution is 0.463. The van der Waals surface area contributed by atoms with Crippen LogP contribution in [-0.2, 0) is 6.54 Å². The summed E-state index contributed by atoms with van der Waals surface area (Å²) in [6.45, 7) is 0.689. The maximum Gasteiger partial charge on any atom is 0.0992 e. The lowest BCUT2D eigenvalue weighted by atomic mass is 10.2. The molecule has 0 radical (unpaired) electrons. The summed E-state index contributed by atoms with van der Waals surface area (Å²) in [5.41, 5.74) is 2.67. The second-order valence-electron chi connectivity index (χ2n) is 5.27. The molecule has 0 unspecified atom stereocenters. The summed E-state index contributed by atoms with van der Waals surface area (Å²) < 4.78 is 2.11. The van der Waals surface area contributed by atoms with E-state index in [1.807, 2.05) is 18.2 Å². The molecule has 0 aliphatic heterocycles.